The molecule has 1 aliphatic carbocycles. The molecular formula is C24H17F3N4O4. The number of carbonyl (C=O) groups excluding carboxylic acids is 2. The maximum absolute atomic E-state index is 13.8. The highest BCUT2D eigenvalue weighted by Crippen LogP contribution is 2.54. The predicted octanol–water partition coefficient (Wildman–Crippen LogP) is 4.22. The molecule has 3 aliphatic rings. The normalized spacial score (nSPS) is 21.1. The van der Waals surface area contributed by atoms with Crippen LogP contribution < -0.4 is 25.4 Å². The third-order valence-electron chi connectivity index (χ3n) is 6.24. The van der Waals surface area contributed by atoms with Crippen molar-refractivity contribution in [3.8, 4) is 17.2 Å². The molecule has 0 unspecified atom stereocenters. The smallest absolute Gasteiger partial charge is 0.319 e. The minimum absolute atomic E-state index is 0.0953. The van der Waals surface area contributed by atoms with Gasteiger partial charge in [-0.15, -0.1) is 0 Å². The molecule has 3 heterocycles. The van der Waals surface area contributed by atoms with Crippen LogP contribution in [0.4, 0.5) is 29.5 Å². The van der Waals surface area contributed by atoms with E-state index in [1.165, 1.54) is 0 Å². The summed E-state index contributed by atoms with van der Waals surface area (Å²) in [5, 5.41) is 7.37. The molecule has 2 aromatic carbocycles. The highest BCUT2D eigenvalue weighted by Gasteiger charge is 2.59. The first-order chi connectivity index (χ1) is 16.9. The van der Waals surface area contributed by atoms with E-state index in [2.05, 4.69) is 15.6 Å². The van der Waals surface area contributed by atoms with E-state index in [4.69, 9.17) is 9.47 Å². The van der Waals surface area contributed by atoms with Crippen molar-refractivity contribution in [1.29, 1.82) is 0 Å². The summed E-state index contributed by atoms with van der Waals surface area (Å²) in [5.41, 5.74) is 0.764. The number of ether oxygens (including phenoxy) is 2. The van der Waals surface area contributed by atoms with Gasteiger partial charge in [0.05, 0.1) is 12.0 Å². The Hall–Kier alpha value is -4.28. The minimum atomic E-state index is -1.47. The summed E-state index contributed by atoms with van der Waals surface area (Å²) in [5.74, 6) is -1.86. The Labute approximate surface area is 196 Å². The predicted molar refractivity (Wildman–Crippen MR) is 117 cm³/mol. The second kappa shape index (κ2) is 7.90. The van der Waals surface area contributed by atoms with E-state index in [1.807, 2.05) is 5.32 Å². The fourth-order valence-electron chi connectivity index (χ4n) is 4.50. The monoisotopic (exact) mass is 482 g/mol. The van der Waals surface area contributed by atoms with Crippen molar-refractivity contribution in [1.82, 2.24) is 10.3 Å². The highest BCUT2D eigenvalue weighted by atomic mass is 19.2. The molecule has 6 rings (SSSR count). The van der Waals surface area contributed by atoms with Crippen LogP contribution in [0.3, 0.4) is 0 Å². The van der Waals surface area contributed by atoms with Gasteiger partial charge < -0.3 is 25.4 Å². The molecule has 8 nitrogen and oxygen atoms in total. The van der Waals surface area contributed by atoms with E-state index in [0.717, 1.165) is 17.2 Å². The summed E-state index contributed by atoms with van der Waals surface area (Å²) in [4.78, 5) is 28.1. The highest BCUT2D eigenvalue weighted by molar-refractivity contribution is 5.93. The van der Waals surface area contributed by atoms with Crippen LogP contribution in [0.2, 0.25) is 0 Å². The molecule has 3 atom stereocenters. The van der Waals surface area contributed by atoms with Crippen LogP contribution in [0.25, 0.3) is 0 Å². The van der Waals surface area contributed by atoms with Gasteiger partial charge in [-0.3, -0.25) is 4.79 Å². The molecule has 178 valence electrons. The van der Waals surface area contributed by atoms with Crippen LogP contribution in [0.5, 0.6) is 17.2 Å². The average Bonchev–Trinajstić information content (AvgIpc) is 3.35. The molecule has 1 fully saturated rings. The quantitative estimate of drug-likeness (QED) is 0.484. The summed E-state index contributed by atoms with van der Waals surface area (Å²) in [6, 6.07) is 7.11. The van der Waals surface area contributed by atoms with E-state index in [-0.39, 0.29) is 17.9 Å². The lowest BCUT2D eigenvalue weighted by atomic mass is 10.1. The molecule has 3 aromatic rings. The SMILES string of the molecule is O=C1CCc2c(Oc3ccc4c(c3)[C@H]3[C@@H](NC(=O)Nc5c(F)ccc(F)c5F)[C@H]3O4)ccnc2N1. The molecule has 1 aromatic heterocycles. The minimum Gasteiger partial charge on any atom is -0.487 e. The van der Waals surface area contributed by atoms with Gasteiger partial charge in [-0.2, -0.15) is 0 Å². The Morgan fingerprint density at radius 1 is 1.11 bits per heavy atom. The van der Waals surface area contributed by atoms with E-state index >= 15 is 0 Å². The lowest BCUT2D eigenvalue weighted by Gasteiger charge is -2.19. The lowest BCUT2D eigenvalue weighted by molar-refractivity contribution is -0.116. The molecule has 35 heavy (non-hydrogen) atoms. The van der Waals surface area contributed by atoms with Gasteiger partial charge in [-0.25, -0.2) is 22.9 Å². The van der Waals surface area contributed by atoms with Crippen molar-refractivity contribution < 1.29 is 32.2 Å². The van der Waals surface area contributed by atoms with Gasteiger partial charge in [-0.05, 0) is 42.8 Å². The van der Waals surface area contributed by atoms with Gasteiger partial charge in [0.25, 0.3) is 0 Å². The molecule has 3 N–H and O–H groups in total. The number of benzene rings is 2. The third kappa shape index (κ3) is 3.69. The number of amides is 3. The van der Waals surface area contributed by atoms with Gasteiger partial charge >= 0.3 is 6.03 Å². The summed E-state index contributed by atoms with van der Waals surface area (Å²) < 4.78 is 52.9. The zero-order valence-corrected chi connectivity index (χ0v) is 17.9. The summed E-state index contributed by atoms with van der Waals surface area (Å²) in [6.45, 7) is 0. The topological polar surface area (TPSA) is 102 Å². The number of fused-ring (bicyclic) bond motifs is 4. The second-order valence-electron chi connectivity index (χ2n) is 8.44. The van der Waals surface area contributed by atoms with E-state index in [1.54, 1.807) is 30.5 Å². The van der Waals surface area contributed by atoms with Gasteiger partial charge in [0, 0.05) is 23.7 Å². The first-order valence-electron chi connectivity index (χ1n) is 10.9. The van der Waals surface area contributed by atoms with Crippen LogP contribution in [-0.2, 0) is 11.2 Å². The fourth-order valence-corrected chi connectivity index (χ4v) is 4.50. The number of rotatable bonds is 4. The molecule has 3 amide bonds. The first kappa shape index (κ1) is 21.3. The molecule has 1 saturated carbocycles. The number of hydrogen-bond donors (Lipinski definition) is 3. The molecule has 2 aliphatic heterocycles. The van der Waals surface area contributed by atoms with E-state index in [9.17, 15) is 22.8 Å². The maximum atomic E-state index is 13.8. The van der Waals surface area contributed by atoms with Gasteiger partial charge in [0.1, 0.15) is 40.7 Å². The average molecular weight is 482 g/mol. The summed E-state index contributed by atoms with van der Waals surface area (Å²) in [7, 11) is 0. The van der Waals surface area contributed by atoms with Crippen molar-refractivity contribution >= 4 is 23.4 Å². The van der Waals surface area contributed by atoms with Crippen molar-refractivity contribution in [2.75, 3.05) is 10.6 Å². The maximum Gasteiger partial charge on any atom is 0.319 e. The van der Waals surface area contributed by atoms with Crippen molar-refractivity contribution in [3.05, 3.63) is 71.2 Å². The molecular weight excluding hydrogens is 465 g/mol. The Morgan fingerprint density at radius 3 is 2.80 bits per heavy atom. The number of aromatic nitrogens is 1. The second-order valence-corrected chi connectivity index (χ2v) is 8.44. The van der Waals surface area contributed by atoms with Crippen molar-refractivity contribution in [3.63, 3.8) is 0 Å². The van der Waals surface area contributed by atoms with Gasteiger partial charge in [0.15, 0.2) is 11.6 Å². The van der Waals surface area contributed by atoms with Gasteiger partial charge in [-0.1, -0.05) is 0 Å². The molecule has 0 bridgehead atoms. The molecule has 0 saturated heterocycles. The fraction of sp³-hybridized carbons (Fsp3) is 0.208. The van der Waals surface area contributed by atoms with Crippen LogP contribution in [0.15, 0.2) is 42.6 Å². The van der Waals surface area contributed by atoms with Crippen LogP contribution in [-0.4, -0.2) is 29.1 Å². The number of nitrogens with zero attached hydrogens (tertiary/aromatic N) is 1. The number of halogens is 3. The van der Waals surface area contributed by atoms with Crippen molar-refractivity contribution in [2.24, 2.45) is 0 Å². The zero-order valence-electron chi connectivity index (χ0n) is 17.9. The molecule has 0 spiro atoms. The Bertz CT molecular complexity index is 1400. The summed E-state index contributed by atoms with van der Waals surface area (Å²) >= 11 is 0. The standard InChI is InChI=1S/C24H17F3N4O4/c25-13-3-4-14(26)20(19(13)27)30-24(33)31-21-18-12-9-10(1-5-15(12)35-22(18)21)34-16-7-8-28-23-11(16)2-6-17(32)29-23/h1,3-5,7-9,18,21-22H,2,6H2,(H,28,29,32)(H2,30,31,33)/t18-,21+,22-/m0/s1. The first-order valence-corrected chi connectivity index (χ1v) is 10.9. The number of carbonyl (C=O) groups is 2. The number of pyridine rings is 1. The number of urea groups is 1. The van der Waals surface area contributed by atoms with Crippen LogP contribution in [0, 0.1) is 17.5 Å². The number of hydrogen-bond acceptors (Lipinski definition) is 5. The van der Waals surface area contributed by atoms with Crippen molar-refractivity contribution in [2.45, 2.75) is 30.9 Å². The Balaban J connectivity index is 1.16. The Morgan fingerprint density at radius 2 is 1.94 bits per heavy atom. The van der Waals surface area contributed by atoms with E-state index < -0.39 is 35.2 Å². The summed E-state index contributed by atoms with van der Waals surface area (Å²) in [6.07, 6.45) is 2.07. The number of nitrogens with one attached hydrogen (secondary N) is 3. The lowest BCUT2D eigenvalue weighted by Crippen LogP contribution is -2.34. The zero-order chi connectivity index (χ0) is 24.3. The molecule has 11 heteroatoms. The number of anilines is 2. The molecule has 0 radical (unpaired) electrons. The van der Waals surface area contributed by atoms with E-state index in [0.29, 0.717) is 42.0 Å². The van der Waals surface area contributed by atoms with Crippen LogP contribution >= 0.6 is 0 Å². The Kier molecular flexibility index (Phi) is 4.80. The third-order valence-corrected chi connectivity index (χ3v) is 6.24. The van der Waals surface area contributed by atoms with Gasteiger partial charge in [0.2, 0.25) is 5.91 Å². The largest absolute Gasteiger partial charge is 0.487 e. The van der Waals surface area contributed by atoms with Crippen LogP contribution in [0.1, 0.15) is 23.5 Å².